The van der Waals surface area contributed by atoms with E-state index in [0.29, 0.717) is 26.3 Å². The molecule has 28 heavy (non-hydrogen) atoms. The second kappa shape index (κ2) is 7.44. The van der Waals surface area contributed by atoms with E-state index >= 15 is 0 Å². The fraction of sp³-hybridized carbons (Fsp3) is 0.769. The second-order valence-electron chi connectivity index (χ2n) is 6.35. The number of nitrogens with one attached hydrogen (secondary N) is 1. The summed E-state index contributed by atoms with van der Waals surface area (Å²) in [7, 11) is 0. The molecule has 154 valence electrons. The molecule has 3 aliphatic rings. The number of hydrogen-bond acceptors (Lipinski definition) is 12. The van der Waals surface area contributed by atoms with Crippen LogP contribution in [0.5, 0.6) is 0 Å². The van der Waals surface area contributed by atoms with Crippen molar-refractivity contribution in [2.75, 3.05) is 49.8 Å². The van der Waals surface area contributed by atoms with Gasteiger partial charge < -0.3 is 19.3 Å². The first kappa shape index (κ1) is 18.8. The van der Waals surface area contributed by atoms with Gasteiger partial charge in [-0.05, 0) is 0 Å². The van der Waals surface area contributed by atoms with Crippen molar-refractivity contribution in [1.29, 1.82) is 0 Å². The number of amides is 1. The number of anilines is 1. The molecule has 0 saturated carbocycles. The van der Waals surface area contributed by atoms with E-state index in [4.69, 9.17) is 23.6 Å². The third-order valence-corrected chi connectivity index (χ3v) is 4.57. The van der Waals surface area contributed by atoms with E-state index in [1.165, 1.54) is 11.0 Å². The number of morpholine rings is 1. The predicted molar refractivity (Wildman–Crippen MR) is 81.9 cm³/mol. The van der Waals surface area contributed by atoms with Crippen molar-refractivity contribution in [3.8, 4) is 0 Å². The van der Waals surface area contributed by atoms with Crippen LogP contribution in [0.3, 0.4) is 0 Å². The van der Waals surface area contributed by atoms with E-state index in [9.17, 15) is 20.0 Å². The number of aliphatic hydroxyl groups is 1. The van der Waals surface area contributed by atoms with Crippen LogP contribution >= 0.6 is 0 Å². The van der Waals surface area contributed by atoms with Crippen LogP contribution in [0.2, 0.25) is 0 Å². The summed E-state index contributed by atoms with van der Waals surface area (Å²) < 4.78 is 20.6. The van der Waals surface area contributed by atoms with E-state index in [0.717, 1.165) is 0 Å². The number of carbonyl (C=O) groups is 1. The van der Waals surface area contributed by atoms with Gasteiger partial charge in [-0.25, -0.2) is 4.79 Å². The van der Waals surface area contributed by atoms with Gasteiger partial charge in [0.15, 0.2) is 12.2 Å². The van der Waals surface area contributed by atoms with Crippen molar-refractivity contribution in [3.05, 3.63) is 16.3 Å². The minimum atomic E-state index is -2.36. The fourth-order valence-electron chi connectivity index (χ4n) is 3.13. The Labute approximate surface area is 156 Å². The first-order chi connectivity index (χ1) is 13.5. The molecule has 3 aliphatic heterocycles. The Morgan fingerprint density at radius 2 is 2.25 bits per heavy atom. The van der Waals surface area contributed by atoms with Gasteiger partial charge in [-0.2, -0.15) is 4.89 Å². The normalized spacial score (nSPS) is 32.2. The molecule has 3 fully saturated rings. The lowest BCUT2D eigenvalue weighted by Crippen LogP contribution is -2.62. The van der Waals surface area contributed by atoms with Crippen molar-refractivity contribution in [1.82, 2.24) is 5.27 Å². The average Bonchev–Trinajstić information content (AvgIpc) is 3.39. The molecule has 0 radical (unpaired) electrons. The molecule has 0 unspecified atom stereocenters. The maximum Gasteiger partial charge on any atom is 0.445 e. The van der Waals surface area contributed by atoms with Crippen molar-refractivity contribution in [3.63, 3.8) is 0 Å². The zero-order chi connectivity index (χ0) is 19.7. The van der Waals surface area contributed by atoms with Crippen LogP contribution in [-0.2, 0) is 24.0 Å². The van der Waals surface area contributed by atoms with Gasteiger partial charge in [-0.1, -0.05) is 0 Å². The molecule has 4 heterocycles. The van der Waals surface area contributed by atoms with E-state index in [-0.39, 0.29) is 12.5 Å². The largest absolute Gasteiger partial charge is 0.445 e. The summed E-state index contributed by atoms with van der Waals surface area (Å²) in [6.45, 7) is 1.63. The molecule has 15 nitrogen and oxygen atoms in total. The van der Waals surface area contributed by atoms with Crippen LogP contribution in [0.15, 0.2) is 10.7 Å². The molecule has 2 N–H and O–H groups in total. The number of nitrogens with zero attached hydrogens (tertiary/aromatic N) is 4. The summed E-state index contributed by atoms with van der Waals surface area (Å²) in [5, 5.41) is 28.9. The van der Waals surface area contributed by atoms with Crippen LogP contribution in [-0.4, -0.2) is 84.9 Å². The van der Waals surface area contributed by atoms with E-state index in [1.54, 1.807) is 0 Å². The number of nitro groups is 1. The van der Waals surface area contributed by atoms with Gasteiger partial charge in [0.2, 0.25) is 5.27 Å². The third kappa shape index (κ3) is 3.45. The topological polar surface area (TPSA) is 172 Å². The lowest BCUT2D eigenvalue weighted by atomic mass is 10.1. The fourth-order valence-corrected chi connectivity index (χ4v) is 3.13. The zero-order valence-corrected chi connectivity index (χ0v) is 14.5. The molecule has 0 aliphatic carbocycles. The Bertz CT molecular complexity index is 739. The van der Waals surface area contributed by atoms with Gasteiger partial charge in [0.1, 0.15) is 12.7 Å². The molecule has 0 spiro atoms. The van der Waals surface area contributed by atoms with Crippen LogP contribution in [0.1, 0.15) is 0 Å². The highest BCUT2D eigenvalue weighted by Crippen LogP contribution is 2.35. The second-order valence-corrected chi connectivity index (χ2v) is 6.35. The first-order valence-electron chi connectivity index (χ1n) is 8.43. The van der Waals surface area contributed by atoms with Crippen LogP contribution < -0.4 is 15.1 Å². The Kier molecular flexibility index (Phi) is 4.98. The monoisotopic (exact) mass is 404 g/mol. The minimum absolute atomic E-state index is 0.0143. The lowest BCUT2D eigenvalue weighted by molar-refractivity contribution is -0.759. The van der Waals surface area contributed by atoms with Crippen molar-refractivity contribution >= 4 is 12.0 Å². The average molecular weight is 404 g/mol. The molecule has 3 saturated heterocycles. The Balaban J connectivity index is 1.26. The maximum absolute atomic E-state index is 11.9. The van der Waals surface area contributed by atoms with Crippen LogP contribution in [0.25, 0.3) is 0 Å². The molecule has 1 amide bonds. The van der Waals surface area contributed by atoms with E-state index < -0.39 is 41.7 Å². The number of rotatable bonds is 5. The quantitative estimate of drug-likeness (QED) is 0.175. The molecule has 0 bridgehead atoms. The van der Waals surface area contributed by atoms with Crippen molar-refractivity contribution in [2.24, 2.45) is 0 Å². The highest BCUT2D eigenvalue weighted by atomic mass is 17.2. The standard InChI is InChI=1S/C13H17N5O10/c19-12(14-9-5-17(15-26-9)16-1-3-23-4-2-16)28-27-8-6-24-11-10(8)25-7-13(11,20)18(21)22/h5,8,10-11,20H,1-4,6-7H2/p+1/t8-,10+,11-,13+/m0/s1. The minimum Gasteiger partial charge on any atom is -0.377 e. The molecule has 0 aromatic carbocycles. The molecule has 15 heteroatoms. The Morgan fingerprint density at radius 1 is 1.46 bits per heavy atom. The highest BCUT2D eigenvalue weighted by Gasteiger charge is 2.65. The summed E-state index contributed by atoms with van der Waals surface area (Å²) in [5.41, 5.74) is -2.36. The summed E-state index contributed by atoms with van der Waals surface area (Å²) >= 11 is 0. The summed E-state index contributed by atoms with van der Waals surface area (Å²) in [4.78, 5) is 33.0. The highest BCUT2D eigenvalue weighted by molar-refractivity contribution is 5.81. The van der Waals surface area contributed by atoms with Crippen molar-refractivity contribution < 1.29 is 48.1 Å². The summed E-state index contributed by atoms with van der Waals surface area (Å²) in [5.74, 6) is 0.0143. The van der Waals surface area contributed by atoms with Gasteiger partial charge in [0, 0.05) is 0 Å². The Hall–Kier alpha value is -2.59. The number of carbonyl (C=O) groups excluding carboxylic acids is 1. The molecular weight excluding hydrogens is 386 g/mol. The zero-order valence-electron chi connectivity index (χ0n) is 14.5. The molecule has 4 rings (SSSR count). The maximum atomic E-state index is 11.9. The smallest absolute Gasteiger partial charge is 0.377 e. The SMILES string of the molecule is O=C(Nc1c[n+](N2CCOCC2)no1)OO[C@H]1CO[C@H]2[C@@H]1OC[C@]2(O)[N+](=O)[O-]. The molecular formula is C13H18N5O10+. The molecule has 1 aromatic heterocycles. The van der Waals surface area contributed by atoms with E-state index in [1.807, 2.05) is 5.01 Å². The van der Waals surface area contributed by atoms with Gasteiger partial charge in [-0.3, -0.25) is 24.8 Å². The van der Waals surface area contributed by atoms with Gasteiger partial charge in [-0.15, -0.1) is 5.01 Å². The summed E-state index contributed by atoms with van der Waals surface area (Å²) in [6, 6.07) is 0. The van der Waals surface area contributed by atoms with Crippen LogP contribution in [0.4, 0.5) is 10.7 Å². The van der Waals surface area contributed by atoms with Gasteiger partial charge >= 0.3 is 17.7 Å². The summed E-state index contributed by atoms with van der Waals surface area (Å²) in [6.07, 6.45) is -2.66. The predicted octanol–water partition coefficient (Wildman–Crippen LogP) is -2.46. The number of fused-ring (bicyclic) bond motifs is 1. The number of ether oxygens (including phenoxy) is 3. The number of aromatic nitrogens is 2. The van der Waals surface area contributed by atoms with Crippen LogP contribution in [0, 0.1) is 10.1 Å². The van der Waals surface area contributed by atoms with E-state index in [2.05, 4.69) is 15.5 Å². The van der Waals surface area contributed by atoms with Crippen molar-refractivity contribution in [2.45, 2.75) is 24.0 Å². The lowest BCUT2D eigenvalue weighted by Gasteiger charge is -2.18. The first-order valence-corrected chi connectivity index (χ1v) is 8.43. The molecule has 1 aromatic rings. The number of hydrogen-bond donors (Lipinski definition) is 2. The Morgan fingerprint density at radius 3 is 3.00 bits per heavy atom. The van der Waals surface area contributed by atoms with Gasteiger partial charge in [0.05, 0.1) is 42.6 Å². The van der Waals surface area contributed by atoms with Gasteiger partial charge in [0.25, 0.3) is 6.20 Å². The third-order valence-electron chi connectivity index (χ3n) is 4.57. The molecule has 4 atom stereocenters.